The lowest BCUT2D eigenvalue weighted by Crippen LogP contribution is -2.46. The molecule has 1 aromatic heterocycles. The zero-order chi connectivity index (χ0) is 19.7. The zero-order valence-corrected chi connectivity index (χ0v) is 17.4. The van der Waals surface area contributed by atoms with Crippen LogP contribution in [0.4, 0.5) is 0 Å². The molecule has 1 saturated heterocycles. The van der Waals surface area contributed by atoms with Gasteiger partial charge in [-0.2, -0.15) is 0 Å². The van der Waals surface area contributed by atoms with E-state index < -0.39 is 0 Å². The van der Waals surface area contributed by atoms with E-state index in [1.54, 1.807) is 0 Å². The van der Waals surface area contributed by atoms with Gasteiger partial charge in [-0.25, -0.2) is 0 Å². The van der Waals surface area contributed by atoms with Crippen LogP contribution in [0.25, 0.3) is 0 Å². The van der Waals surface area contributed by atoms with E-state index in [-0.39, 0.29) is 23.0 Å². The van der Waals surface area contributed by atoms with E-state index in [9.17, 15) is 5.11 Å². The number of rotatable bonds is 5. The molecule has 2 fully saturated rings. The molecular formula is C26H33NO2. The van der Waals surface area contributed by atoms with Gasteiger partial charge in [0, 0.05) is 29.8 Å². The first kappa shape index (κ1) is 19.3. The number of pyridine rings is 1. The Morgan fingerprint density at radius 1 is 1.03 bits per heavy atom. The molecule has 0 amide bonds. The van der Waals surface area contributed by atoms with Gasteiger partial charge in [0.15, 0.2) is 0 Å². The Morgan fingerprint density at radius 3 is 2.69 bits per heavy atom. The van der Waals surface area contributed by atoms with Crippen molar-refractivity contribution in [3.8, 4) is 0 Å². The quantitative estimate of drug-likeness (QED) is 0.751. The molecule has 1 N–H and O–H groups in total. The molecule has 3 nitrogen and oxygen atoms in total. The maximum atomic E-state index is 10.7. The van der Waals surface area contributed by atoms with E-state index >= 15 is 0 Å². The summed E-state index contributed by atoms with van der Waals surface area (Å²) in [6.45, 7) is 0.853. The highest BCUT2D eigenvalue weighted by Crippen LogP contribution is 2.50. The number of benzene rings is 1. The van der Waals surface area contributed by atoms with Gasteiger partial charge in [-0.1, -0.05) is 49.6 Å². The molecule has 2 aliphatic carbocycles. The van der Waals surface area contributed by atoms with Gasteiger partial charge in [0.25, 0.3) is 0 Å². The van der Waals surface area contributed by atoms with Crippen molar-refractivity contribution in [1.29, 1.82) is 0 Å². The molecule has 2 heterocycles. The normalized spacial score (nSPS) is 30.5. The lowest BCUT2D eigenvalue weighted by molar-refractivity contribution is -0.105. The number of hydrogen-bond donors (Lipinski definition) is 1. The first-order chi connectivity index (χ1) is 14.2. The Balaban J connectivity index is 1.35. The Bertz CT molecular complexity index is 830. The van der Waals surface area contributed by atoms with Crippen LogP contribution in [0.1, 0.15) is 80.5 Å². The zero-order valence-electron chi connectivity index (χ0n) is 17.4. The van der Waals surface area contributed by atoms with E-state index in [0.717, 1.165) is 45.1 Å². The lowest BCUT2D eigenvalue weighted by atomic mass is 9.67. The molecule has 1 aromatic carbocycles. The molecule has 0 unspecified atom stereocenters. The first-order valence-electron chi connectivity index (χ1n) is 11.5. The van der Waals surface area contributed by atoms with Crippen molar-refractivity contribution >= 4 is 0 Å². The second-order valence-corrected chi connectivity index (χ2v) is 9.63. The highest BCUT2D eigenvalue weighted by atomic mass is 16.5. The number of ether oxygens (including phenoxy) is 1. The van der Waals surface area contributed by atoms with Gasteiger partial charge in [0.1, 0.15) is 0 Å². The predicted octanol–water partition coefficient (Wildman–Crippen LogP) is 5.31. The van der Waals surface area contributed by atoms with Gasteiger partial charge >= 0.3 is 0 Å². The monoisotopic (exact) mass is 391 g/mol. The highest BCUT2D eigenvalue weighted by molar-refractivity contribution is 5.36. The van der Waals surface area contributed by atoms with Crippen LogP contribution in [0.3, 0.4) is 0 Å². The van der Waals surface area contributed by atoms with Gasteiger partial charge < -0.3 is 9.84 Å². The van der Waals surface area contributed by atoms with Gasteiger partial charge in [-0.15, -0.1) is 0 Å². The Labute approximate surface area is 174 Å². The number of aliphatic hydroxyl groups excluding tert-OH is 1. The number of aliphatic hydroxyl groups is 1. The van der Waals surface area contributed by atoms with Gasteiger partial charge in [-0.3, -0.25) is 4.98 Å². The van der Waals surface area contributed by atoms with Crippen molar-refractivity contribution in [3.63, 3.8) is 0 Å². The van der Waals surface area contributed by atoms with Crippen molar-refractivity contribution in [2.75, 3.05) is 6.61 Å². The molecule has 29 heavy (non-hydrogen) atoms. The summed E-state index contributed by atoms with van der Waals surface area (Å²) in [6.07, 6.45) is 13.0. The number of aromatic nitrogens is 1. The van der Waals surface area contributed by atoms with Crippen LogP contribution in [-0.4, -0.2) is 28.4 Å². The summed E-state index contributed by atoms with van der Waals surface area (Å²) in [4.78, 5) is 4.83. The number of fused-ring (bicyclic) bond motifs is 1. The Kier molecular flexibility index (Phi) is 5.21. The smallest absolute Gasteiger partial charge is 0.0691 e. The van der Waals surface area contributed by atoms with Crippen molar-refractivity contribution in [2.24, 2.45) is 0 Å². The van der Waals surface area contributed by atoms with E-state index in [4.69, 9.17) is 9.72 Å². The van der Waals surface area contributed by atoms with Crippen LogP contribution >= 0.6 is 0 Å². The van der Waals surface area contributed by atoms with E-state index in [2.05, 4.69) is 36.4 Å². The molecule has 0 bridgehead atoms. The van der Waals surface area contributed by atoms with E-state index in [1.165, 1.54) is 42.5 Å². The third-order valence-corrected chi connectivity index (χ3v) is 7.89. The molecule has 5 rings (SSSR count). The average Bonchev–Trinajstić information content (AvgIpc) is 3.33. The molecule has 3 atom stereocenters. The summed E-state index contributed by atoms with van der Waals surface area (Å²) >= 11 is 0. The van der Waals surface area contributed by atoms with Crippen LogP contribution in [0.2, 0.25) is 0 Å². The summed E-state index contributed by atoms with van der Waals surface area (Å²) in [5.74, 6) is 0.285. The average molecular weight is 392 g/mol. The summed E-state index contributed by atoms with van der Waals surface area (Å²) in [6, 6.07) is 15.0. The van der Waals surface area contributed by atoms with Crippen molar-refractivity contribution in [1.82, 2.24) is 4.98 Å². The summed E-state index contributed by atoms with van der Waals surface area (Å²) in [5.41, 5.74) is 4.15. The minimum atomic E-state index is -0.228. The molecule has 1 saturated carbocycles. The number of nitrogens with zero attached hydrogens (tertiary/aromatic N) is 1. The maximum Gasteiger partial charge on any atom is 0.0691 e. The molecular weight excluding hydrogens is 358 g/mol. The fourth-order valence-corrected chi connectivity index (χ4v) is 6.46. The molecule has 154 valence electrons. The second-order valence-electron chi connectivity index (χ2n) is 9.63. The Hall–Kier alpha value is -1.71. The van der Waals surface area contributed by atoms with Gasteiger partial charge in [0.05, 0.1) is 11.7 Å². The standard InChI is InChI=1S/C26H33NO2/c28-23-18-20-8-1-2-9-21(20)22(23)10-7-12-25(24-11-3-6-16-27-24)15-17-29-26(19-25)13-4-5-14-26/h1-3,6,8-9,11,16,22-23,28H,4-5,7,10,12-15,17-19H2/t22-,23-,25+/m0/s1. The molecule has 0 radical (unpaired) electrons. The van der Waals surface area contributed by atoms with Crippen molar-refractivity contribution in [3.05, 3.63) is 65.5 Å². The van der Waals surface area contributed by atoms with Crippen LogP contribution in [0.5, 0.6) is 0 Å². The molecule has 1 spiro atoms. The van der Waals surface area contributed by atoms with Crippen molar-refractivity contribution in [2.45, 2.75) is 87.2 Å². The second kappa shape index (κ2) is 7.85. The largest absolute Gasteiger partial charge is 0.392 e. The molecule has 1 aliphatic heterocycles. The maximum absolute atomic E-state index is 10.7. The predicted molar refractivity (Wildman–Crippen MR) is 115 cm³/mol. The SMILES string of the molecule is O[C@H]1Cc2ccccc2[C@@H]1CCC[C@@]1(c2ccccn2)CCOC2(CCCC2)C1. The van der Waals surface area contributed by atoms with E-state index in [1.807, 2.05) is 12.3 Å². The topological polar surface area (TPSA) is 42.4 Å². The summed E-state index contributed by atoms with van der Waals surface area (Å²) in [7, 11) is 0. The fraction of sp³-hybridized carbons (Fsp3) is 0.577. The highest BCUT2D eigenvalue weighted by Gasteiger charge is 2.48. The fourth-order valence-electron chi connectivity index (χ4n) is 6.46. The van der Waals surface area contributed by atoms with Crippen LogP contribution in [0, 0.1) is 0 Å². The lowest BCUT2D eigenvalue weighted by Gasteiger charge is -2.46. The summed E-state index contributed by atoms with van der Waals surface area (Å²) in [5, 5.41) is 10.7. The van der Waals surface area contributed by atoms with E-state index in [0.29, 0.717) is 0 Å². The molecule has 2 aromatic rings. The third-order valence-electron chi connectivity index (χ3n) is 7.89. The first-order valence-corrected chi connectivity index (χ1v) is 11.5. The molecule has 3 heteroatoms. The molecule has 3 aliphatic rings. The third kappa shape index (κ3) is 3.64. The minimum absolute atomic E-state index is 0.0786. The van der Waals surface area contributed by atoms with Crippen LogP contribution in [0.15, 0.2) is 48.7 Å². The minimum Gasteiger partial charge on any atom is -0.392 e. The van der Waals surface area contributed by atoms with Crippen LogP contribution in [-0.2, 0) is 16.6 Å². The summed E-state index contributed by atoms with van der Waals surface area (Å²) < 4.78 is 6.38. The van der Waals surface area contributed by atoms with Gasteiger partial charge in [-0.05, 0) is 68.2 Å². The Morgan fingerprint density at radius 2 is 1.86 bits per heavy atom. The van der Waals surface area contributed by atoms with Crippen molar-refractivity contribution < 1.29 is 9.84 Å². The van der Waals surface area contributed by atoms with Gasteiger partial charge in [0.2, 0.25) is 0 Å². The number of hydrogen-bond acceptors (Lipinski definition) is 3. The van der Waals surface area contributed by atoms with Crippen LogP contribution < -0.4 is 0 Å².